The van der Waals surface area contributed by atoms with E-state index < -0.39 is 43.6 Å². The van der Waals surface area contributed by atoms with Gasteiger partial charge in [0.15, 0.2) is 8.32 Å². The van der Waals surface area contributed by atoms with Crippen LogP contribution in [-0.4, -0.2) is 66.3 Å². The van der Waals surface area contributed by atoms with Crippen LogP contribution in [0.3, 0.4) is 0 Å². The quantitative estimate of drug-likeness (QED) is 0.440. The molecule has 3 atom stereocenters. The van der Waals surface area contributed by atoms with Gasteiger partial charge in [-0.2, -0.15) is 0 Å². The summed E-state index contributed by atoms with van der Waals surface area (Å²) in [6.45, 7) is 15.5. The van der Waals surface area contributed by atoms with E-state index >= 15 is 0 Å². The van der Waals surface area contributed by atoms with Gasteiger partial charge in [-0.3, -0.25) is 15.0 Å². The minimum atomic E-state index is -2.07. The Morgan fingerprint density at radius 3 is 2.27 bits per heavy atom. The van der Waals surface area contributed by atoms with Gasteiger partial charge in [0.2, 0.25) is 6.54 Å². The summed E-state index contributed by atoms with van der Waals surface area (Å²) in [5, 5.41) is 21.1. The van der Waals surface area contributed by atoms with Gasteiger partial charge in [0.05, 0.1) is 12.1 Å². The molecule has 1 N–H and O–H groups in total. The van der Waals surface area contributed by atoms with E-state index in [0.29, 0.717) is 6.42 Å². The van der Waals surface area contributed by atoms with Gasteiger partial charge in [0, 0.05) is 11.5 Å². The molecule has 26 heavy (non-hydrogen) atoms. The Kier molecular flexibility index (Phi) is 6.87. The molecule has 9 heteroatoms. The number of hydrogen-bond acceptors (Lipinski definition) is 6. The van der Waals surface area contributed by atoms with Crippen LogP contribution in [0, 0.1) is 10.1 Å². The number of nitrogens with zero attached hydrogens (tertiary/aromatic N) is 2. The Balaban J connectivity index is 2.97. The molecule has 0 bridgehead atoms. The van der Waals surface area contributed by atoms with Crippen molar-refractivity contribution < 1.29 is 24.0 Å². The standard InChI is InChI=1S/C17H34N2O6Si/c1-16(2,3)24-15(21)18-10-12(25-26(7,8)17(4,5)6)9-13(18)14(20)11-19(22)23/h12-14,20H,9-11H2,1-8H3. The molecule has 0 aliphatic carbocycles. The van der Waals surface area contributed by atoms with Gasteiger partial charge in [-0.05, 0) is 45.3 Å². The summed E-state index contributed by atoms with van der Waals surface area (Å²) in [5.74, 6) is 0. The molecule has 1 amide bonds. The molecule has 0 aromatic carbocycles. The number of rotatable bonds is 5. The molecule has 1 saturated heterocycles. The fourth-order valence-electron chi connectivity index (χ4n) is 2.67. The minimum absolute atomic E-state index is 0.00128. The maximum absolute atomic E-state index is 12.5. The SMILES string of the molecule is CC(C)(C)OC(=O)N1CC(O[Si](C)(C)C(C)(C)C)CC1C(O)C[N+](=O)[O-]. The number of nitro groups is 1. The van der Waals surface area contributed by atoms with E-state index in [1.165, 1.54) is 4.90 Å². The van der Waals surface area contributed by atoms with Crippen molar-refractivity contribution in [2.45, 2.75) is 89.9 Å². The van der Waals surface area contributed by atoms with Crippen molar-refractivity contribution in [3.8, 4) is 0 Å². The predicted octanol–water partition coefficient (Wildman–Crippen LogP) is 3.02. The second-order valence-corrected chi connectivity index (χ2v) is 14.3. The summed E-state index contributed by atoms with van der Waals surface area (Å²) < 4.78 is 11.8. The van der Waals surface area contributed by atoms with Crippen LogP contribution < -0.4 is 0 Å². The Labute approximate surface area is 157 Å². The van der Waals surface area contributed by atoms with Gasteiger partial charge in [0.25, 0.3) is 0 Å². The number of ether oxygens (including phenoxy) is 1. The molecule has 8 nitrogen and oxygen atoms in total. The number of amides is 1. The van der Waals surface area contributed by atoms with Crippen molar-refractivity contribution in [3.63, 3.8) is 0 Å². The Bertz CT molecular complexity index is 526. The first-order chi connectivity index (χ1) is 11.5. The van der Waals surface area contributed by atoms with E-state index in [9.17, 15) is 20.0 Å². The second kappa shape index (κ2) is 7.81. The van der Waals surface area contributed by atoms with Crippen LogP contribution in [0.4, 0.5) is 4.79 Å². The zero-order chi connectivity index (χ0) is 20.5. The first-order valence-electron chi connectivity index (χ1n) is 9.01. The monoisotopic (exact) mass is 390 g/mol. The lowest BCUT2D eigenvalue weighted by Crippen LogP contribution is -2.47. The summed E-state index contributed by atoms with van der Waals surface area (Å²) in [5.41, 5.74) is -0.686. The van der Waals surface area contributed by atoms with Crippen LogP contribution in [0.5, 0.6) is 0 Å². The van der Waals surface area contributed by atoms with Gasteiger partial charge in [-0.1, -0.05) is 20.8 Å². The number of carbonyl (C=O) groups is 1. The van der Waals surface area contributed by atoms with Crippen LogP contribution in [-0.2, 0) is 9.16 Å². The van der Waals surface area contributed by atoms with Crippen molar-refractivity contribution in [2.75, 3.05) is 13.1 Å². The highest BCUT2D eigenvalue weighted by Gasteiger charge is 2.47. The van der Waals surface area contributed by atoms with Crippen molar-refractivity contribution in [3.05, 3.63) is 10.1 Å². The lowest BCUT2D eigenvalue weighted by molar-refractivity contribution is -0.491. The molecule has 1 fully saturated rings. The highest BCUT2D eigenvalue weighted by Crippen LogP contribution is 2.39. The third-order valence-electron chi connectivity index (χ3n) is 4.98. The predicted molar refractivity (Wildman–Crippen MR) is 101 cm³/mol. The third-order valence-corrected chi connectivity index (χ3v) is 9.52. The molecule has 1 aliphatic heterocycles. The van der Waals surface area contributed by atoms with Gasteiger partial charge in [-0.25, -0.2) is 4.79 Å². The topological polar surface area (TPSA) is 102 Å². The second-order valence-electron chi connectivity index (χ2n) is 9.52. The van der Waals surface area contributed by atoms with E-state index in [-0.39, 0.29) is 17.7 Å². The molecule has 0 aromatic heterocycles. The zero-order valence-corrected chi connectivity index (χ0v) is 18.2. The van der Waals surface area contributed by atoms with Gasteiger partial charge >= 0.3 is 6.09 Å². The van der Waals surface area contributed by atoms with Crippen molar-refractivity contribution in [1.82, 2.24) is 4.90 Å². The van der Waals surface area contributed by atoms with Crippen molar-refractivity contribution in [1.29, 1.82) is 0 Å². The van der Waals surface area contributed by atoms with Crippen molar-refractivity contribution >= 4 is 14.4 Å². The molecule has 0 saturated carbocycles. The van der Waals surface area contributed by atoms with Crippen LogP contribution in [0.1, 0.15) is 48.0 Å². The summed E-state index contributed by atoms with van der Waals surface area (Å²) in [6, 6.07) is -0.690. The first-order valence-corrected chi connectivity index (χ1v) is 11.9. The third kappa shape index (κ3) is 6.21. The Morgan fingerprint density at radius 1 is 1.31 bits per heavy atom. The zero-order valence-electron chi connectivity index (χ0n) is 17.2. The first kappa shape index (κ1) is 22.8. The lowest BCUT2D eigenvalue weighted by Gasteiger charge is -2.38. The fourth-order valence-corrected chi connectivity index (χ4v) is 4.03. The van der Waals surface area contributed by atoms with Crippen molar-refractivity contribution in [2.24, 2.45) is 0 Å². The number of carbonyl (C=O) groups excluding carboxylic acids is 1. The molecule has 3 unspecified atom stereocenters. The number of aliphatic hydroxyl groups is 1. The van der Waals surface area contributed by atoms with E-state index in [2.05, 4.69) is 33.9 Å². The highest BCUT2D eigenvalue weighted by molar-refractivity contribution is 6.74. The smallest absolute Gasteiger partial charge is 0.410 e. The van der Waals surface area contributed by atoms with Crippen LogP contribution in [0.25, 0.3) is 0 Å². The molecule has 1 aliphatic rings. The normalized spacial score (nSPS) is 23.0. The number of hydrogen-bond donors (Lipinski definition) is 1. The molecule has 0 spiro atoms. The number of aliphatic hydroxyl groups excluding tert-OH is 1. The fraction of sp³-hybridized carbons (Fsp3) is 0.941. The van der Waals surface area contributed by atoms with E-state index in [4.69, 9.17) is 9.16 Å². The van der Waals surface area contributed by atoms with Crippen LogP contribution in [0.2, 0.25) is 18.1 Å². The molecule has 0 aromatic rings. The molecule has 1 heterocycles. The molecular formula is C17H34N2O6Si. The Morgan fingerprint density at radius 2 is 1.85 bits per heavy atom. The van der Waals surface area contributed by atoms with Crippen LogP contribution in [0.15, 0.2) is 0 Å². The molecular weight excluding hydrogens is 356 g/mol. The summed E-state index contributed by atoms with van der Waals surface area (Å²) in [6.07, 6.45) is -1.74. The molecule has 152 valence electrons. The Hall–Kier alpha value is -1.19. The molecule has 1 rings (SSSR count). The summed E-state index contributed by atoms with van der Waals surface area (Å²) in [4.78, 5) is 24.2. The van der Waals surface area contributed by atoms with Gasteiger partial charge < -0.3 is 14.3 Å². The van der Waals surface area contributed by atoms with E-state index in [0.717, 1.165) is 0 Å². The summed E-state index contributed by atoms with van der Waals surface area (Å²) >= 11 is 0. The maximum atomic E-state index is 12.5. The highest BCUT2D eigenvalue weighted by atomic mass is 28.4. The van der Waals surface area contributed by atoms with Gasteiger partial charge in [0.1, 0.15) is 11.7 Å². The van der Waals surface area contributed by atoms with Gasteiger partial charge in [-0.15, -0.1) is 0 Å². The minimum Gasteiger partial charge on any atom is -0.444 e. The summed E-state index contributed by atoms with van der Waals surface area (Å²) in [7, 11) is -2.07. The lowest BCUT2D eigenvalue weighted by atomic mass is 10.1. The largest absolute Gasteiger partial charge is 0.444 e. The average Bonchev–Trinajstić information content (AvgIpc) is 2.77. The maximum Gasteiger partial charge on any atom is 0.410 e. The average molecular weight is 391 g/mol. The molecule has 0 radical (unpaired) electrons. The van der Waals surface area contributed by atoms with Crippen LogP contribution >= 0.6 is 0 Å². The van der Waals surface area contributed by atoms with E-state index in [1.807, 2.05) is 0 Å². The van der Waals surface area contributed by atoms with E-state index in [1.54, 1.807) is 20.8 Å². The number of likely N-dealkylation sites (tertiary alicyclic amines) is 1.